The first kappa shape index (κ1) is 21.8. The molecule has 1 atom stereocenters. The molecule has 1 N–H and O–H groups in total. The van der Waals surface area contributed by atoms with Crippen molar-refractivity contribution >= 4 is 10.0 Å². The molecule has 2 aromatic carbocycles. The van der Waals surface area contributed by atoms with Crippen LogP contribution >= 0.6 is 0 Å². The van der Waals surface area contributed by atoms with E-state index in [1.54, 1.807) is 24.3 Å². The van der Waals surface area contributed by atoms with Crippen molar-refractivity contribution in [1.82, 2.24) is 9.62 Å². The topological polar surface area (TPSA) is 67.9 Å². The fourth-order valence-electron chi connectivity index (χ4n) is 3.41. The molecule has 0 saturated carbocycles. The van der Waals surface area contributed by atoms with Crippen LogP contribution in [0.1, 0.15) is 31.4 Å². The van der Waals surface area contributed by atoms with Gasteiger partial charge in [-0.3, -0.25) is 4.90 Å². The lowest BCUT2D eigenvalue weighted by Gasteiger charge is -2.33. The third kappa shape index (κ3) is 6.54. The van der Waals surface area contributed by atoms with Gasteiger partial charge in [-0.2, -0.15) is 0 Å². The van der Waals surface area contributed by atoms with Crippen LogP contribution in [0.5, 0.6) is 5.75 Å². The van der Waals surface area contributed by atoms with E-state index in [0.717, 1.165) is 39.1 Å². The summed E-state index contributed by atoms with van der Waals surface area (Å²) in [4.78, 5) is 2.65. The van der Waals surface area contributed by atoms with E-state index in [2.05, 4.69) is 21.8 Å². The van der Waals surface area contributed by atoms with Crippen molar-refractivity contribution < 1.29 is 17.9 Å². The van der Waals surface area contributed by atoms with Gasteiger partial charge in [-0.05, 0) is 56.1 Å². The molecule has 29 heavy (non-hydrogen) atoms. The highest BCUT2D eigenvalue weighted by molar-refractivity contribution is 7.89. The van der Waals surface area contributed by atoms with Crippen LogP contribution in [0, 0.1) is 0 Å². The molecule has 1 aliphatic rings. The monoisotopic (exact) mass is 418 g/mol. The number of morpholine rings is 1. The Kier molecular flexibility index (Phi) is 8.06. The molecular weight excluding hydrogens is 388 g/mol. The van der Waals surface area contributed by atoms with Gasteiger partial charge < -0.3 is 9.47 Å². The van der Waals surface area contributed by atoms with Crippen LogP contribution in [0.15, 0.2) is 59.5 Å². The van der Waals surface area contributed by atoms with Crippen LogP contribution in [-0.4, -0.2) is 52.7 Å². The average molecular weight is 419 g/mol. The van der Waals surface area contributed by atoms with Gasteiger partial charge in [-0.1, -0.05) is 30.3 Å². The molecule has 6 nitrogen and oxygen atoms in total. The van der Waals surface area contributed by atoms with Gasteiger partial charge in [0.25, 0.3) is 0 Å². The summed E-state index contributed by atoms with van der Waals surface area (Å²) in [6.07, 6.45) is 1.85. The molecule has 3 rings (SSSR count). The Morgan fingerprint density at radius 3 is 2.59 bits per heavy atom. The predicted octanol–water partition coefficient (Wildman–Crippen LogP) is 3.22. The molecule has 0 aliphatic carbocycles. The molecule has 0 amide bonds. The molecule has 0 radical (unpaired) electrons. The summed E-state index contributed by atoms with van der Waals surface area (Å²) in [6, 6.07) is 16.8. The Hall–Kier alpha value is -1.93. The van der Waals surface area contributed by atoms with Crippen molar-refractivity contribution in [3.05, 3.63) is 60.2 Å². The van der Waals surface area contributed by atoms with Gasteiger partial charge >= 0.3 is 0 Å². The van der Waals surface area contributed by atoms with E-state index < -0.39 is 10.0 Å². The number of hydrogen-bond donors (Lipinski definition) is 1. The molecular formula is C22H30N2O4S. The number of rotatable bonds is 10. The SMILES string of the molecule is CCOc1ccc(S(=O)(=O)NCCCCN2CCOC(c3ccccc3)C2)cc1. The number of nitrogens with zero attached hydrogens (tertiary/aromatic N) is 1. The molecule has 1 heterocycles. The highest BCUT2D eigenvalue weighted by Gasteiger charge is 2.21. The van der Waals surface area contributed by atoms with Crippen LogP contribution in [0.4, 0.5) is 0 Å². The summed E-state index contributed by atoms with van der Waals surface area (Å²) in [6.45, 7) is 6.34. The normalized spacial score (nSPS) is 17.9. The maximum atomic E-state index is 12.4. The van der Waals surface area contributed by atoms with Crippen molar-refractivity contribution in [2.75, 3.05) is 39.4 Å². The highest BCUT2D eigenvalue weighted by Crippen LogP contribution is 2.22. The van der Waals surface area contributed by atoms with Gasteiger partial charge in [0.2, 0.25) is 10.0 Å². The van der Waals surface area contributed by atoms with Gasteiger partial charge in [0.1, 0.15) is 5.75 Å². The first-order valence-electron chi connectivity index (χ1n) is 10.2. The fraction of sp³-hybridized carbons (Fsp3) is 0.455. The van der Waals surface area contributed by atoms with E-state index in [0.29, 0.717) is 18.9 Å². The Bertz CT molecular complexity index is 841. The Morgan fingerprint density at radius 1 is 1.10 bits per heavy atom. The molecule has 0 aromatic heterocycles. The molecule has 1 saturated heterocycles. The zero-order valence-corrected chi connectivity index (χ0v) is 17.7. The van der Waals surface area contributed by atoms with Crippen molar-refractivity contribution in [2.24, 2.45) is 0 Å². The van der Waals surface area contributed by atoms with E-state index in [4.69, 9.17) is 9.47 Å². The smallest absolute Gasteiger partial charge is 0.240 e. The van der Waals surface area contributed by atoms with Gasteiger partial charge in [0.05, 0.1) is 24.2 Å². The molecule has 1 fully saturated rings. The van der Waals surface area contributed by atoms with E-state index in [1.165, 1.54) is 5.56 Å². The van der Waals surface area contributed by atoms with Gasteiger partial charge in [0, 0.05) is 19.6 Å². The number of benzene rings is 2. The van der Waals surface area contributed by atoms with Gasteiger partial charge in [0.15, 0.2) is 0 Å². The summed E-state index contributed by atoms with van der Waals surface area (Å²) < 4.78 is 38.7. The Morgan fingerprint density at radius 2 is 1.86 bits per heavy atom. The number of nitrogens with one attached hydrogen (secondary N) is 1. The van der Waals surface area contributed by atoms with E-state index in [1.807, 2.05) is 25.1 Å². The van der Waals surface area contributed by atoms with Crippen LogP contribution in [-0.2, 0) is 14.8 Å². The maximum absolute atomic E-state index is 12.4. The van der Waals surface area contributed by atoms with E-state index >= 15 is 0 Å². The molecule has 7 heteroatoms. The number of sulfonamides is 1. The van der Waals surface area contributed by atoms with Crippen LogP contribution < -0.4 is 9.46 Å². The van der Waals surface area contributed by atoms with Gasteiger partial charge in [-0.25, -0.2) is 13.1 Å². The second-order valence-electron chi connectivity index (χ2n) is 7.08. The minimum atomic E-state index is -3.48. The van der Waals surface area contributed by atoms with Crippen molar-refractivity contribution in [1.29, 1.82) is 0 Å². The summed E-state index contributed by atoms with van der Waals surface area (Å²) in [5, 5.41) is 0. The molecule has 158 valence electrons. The first-order chi connectivity index (χ1) is 14.1. The fourth-order valence-corrected chi connectivity index (χ4v) is 4.48. The zero-order valence-electron chi connectivity index (χ0n) is 16.9. The zero-order chi connectivity index (χ0) is 20.5. The predicted molar refractivity (Wildman–Crippen MR) is 114 cm³/mol. The van der Waals surface area contributed by atoms with Crippen LogP contribution in [0.3, 0.4) is 0 Å². The minimum absolute atomic E-state index is 0.114. The number of unbranched alkanes of at least 4 members (excludes halogenated alkanes) is 1. The lowest BCUT2D eigenvalue weighted by Crippen LogP contribution is -2.39. The highest BCUT2D eigenvalue weighted by atomic mass is 32.2. The van der Waals surface area contributed by atoms with Gasteiger partial charge in [-0.15, -0.1) is 0 Å². The number of hydrogen-bond acceptors (Lipinski definition) is 5. The first-order valence-corrected chi connectivity index (χ1v) is 11.7. The quantitative estimate of drug-likeness (QED) is 0.600. The second-order valence-corrected chi connectivity index (χ2v) is 8.85. The molecule has 2 aromatic rings. The lowest BCUT2D eigenvalue weighted by atomic mass is 10.1. The maximum Gasteiger partial charge on any atom is 0.240 e. The summed E-state index contributed by atoms with van der Waals surface area (Å²) in [7, 11) is -3.48. The largest absolute Gasteiger partial charge is 0.494 e. The summed E-state index contributed by atoms with van der Waals surface area (Å²) in [5.74, 6) is 0.672. The molecule has 1 unspecified atom stereocenters. The van der Waals surface area contributed by atoms with Crippen molar-refractivity contribution in [3.63, 3.8) is 0 Å². The van der Waals surface area contributed by atoms with Crippen molar-refractivity contribution in [2.45, 2.75) is 30.8 Å². The minimum Gasteiger partial charge on any atom is -0.494 e. The third-order valence-corrected chi connectivity index (χ3v) is 6.44. The van der Waals surface area contributed by atoms with E-state index in [9.17, 15) is 8.42 Å². The standard InChI is InChI=1S/C22H30N2O4S/c1-2-27-20-10-12-21(13-11-20)29(25,26)23-14-6-7-15-24-16-17-28-22(18-24)19-8-4-3-5-9-19/h3-5,8-13,22-23H,2,6-7,14-18H2,1H3. The van der Waals surface area contributed by atoms with Crippen LogP contribution in [0.25, 0.3) is 0 Å². The van der Waals surface area contributed by atoms with E-state index in [-0.39, 0.29) is 11.0 Å². The third-order valence-electron chi connectivity index (χ3n) is 4.96. The second kappa shape index (κ2) is 10.7. The van der Waals surface area contributed by atoms with Crippen molar-refractivity contribution in [3.8, 4) is 5.75 Å². The average Bonchev–Trinajstić information content (AvgIpc) is 2.75. The van der Waals surface area contributed by atoms with Crippen LogP contribution in [0.2, 0.25) is 0 Å². The lowest BCUT2D eigenvalue weighted by molar-refractivity contribution is -0.0303. The number of ether oxygens (including phenoxy) is 2. The summed E-state index contributed by atoms with van der Waals surface area (Å²) >= 11 is 0. The molecule has 0 bridgehead atoms. The summed E-state index contributed by atoms with van der Waals surface area (Å²) in [5.41, 5.74) is 1.21. The Balaban J connectivity index is 1.39. The molecule has 0 spiro atoms. The molecule has 1 aliphatic heterocycles. The Labute approximate surface area is 173 Å².